The summed E-state index contributed by atoms with van der Waals surface area (Å²) < 4.78 is 6.16. The summed E-state index contributed by atoms with van der Waals surface area (Å²) >= 11 is 0. The number of allylic oxidation sites excluding steroid dienone is 2. The predicted octanol–water partition coefficient (Wildman–Crippen LogP) is 1.02. The lowest BCUT2D eigenvalue weighted by Crippen LogP contribution is -2.57. The second-order valence-electron chi connectivity index (χ2n) is 12.6. The molecular formula is C32H38N4O9. The van der Waals surface area contributed by atoms with Crippen molar-refractivity contribution in [1.82, 2.24) is 9.80 Å². The Morgan fingerprint density at radius 1 is 1.09 bits per heavy atom. The topological polar surface area (TPSA) is 201 Å². The van der Waals surface area contributed by atoms with Gasteiger partial charge >= 0.3 is 0 Å². The summed E-state index contributed by atoms with van der Waals surface area (Å²) in [5, 5.41) is 54.1. The average Bonchev–Trinajstić information content (AvgIpc) is 3.44. The number of nitrogens with two attached hydrogens (primary N) is 1. The van der Waals surface area contributed by atoms with E-state index in [-0.39, 0.29) is 48.3 Å². The van der Waals surface area contributed by atoms with Gasteiger partial charge in [-0.15, -0.1) is 0 Å². The largest absolute Gasteiger partial charge is 0.511 e. The minimum Gasteiger partial charge on any atom is -0.511 e. The third-order valence-electron chi connectivity index (χ3n) is 9.71. The van der Waals surface area contributed by atoms with Gasteiger partial charge in [-0.2, -0.15) is 0 Å². The Hall–Kier alpha value is -4.17. The monoisotopic (exact) mass is 622 g/mol. The SMILES string of the molecule is CN(C)c1cc(-c2ccc(CN3CCN(CCO)CC3)o2)c(O)c2c1C[C@H]1C[C@H]3CC(O)=C(C(N)=O)C(=O)[C@@]3(O)C(O)=C1C2=O. The van der Waals surface area contributed by atoms with Crippen LogP contribution in [0.5, 0.6) is 5.75 Å². The van der Waals surface area contributed by atoms with E-state index in [0.717, 1.165) is 26.2 Å². The Bertz CT molecular complexity index is 1650. The van der Waals surface area contributed by atoms with Gasteiger partial charge in [0.1, 0.15) is 34.4 Å². The normalized spacial score (nSPS) is 25.7. The Labute approximate surface area is 259 Å². The van der Waals surface area contributed by atoms with Gasteiger partial charge in [0.2, 0.25) is 5.78 Å². The fraction of sp³-hybridized carbons (Fsp3) is 0.469. The van der Waals surface area contributed by atoms with Gasteiger partial charge < -0.3 is 40.6 Å². The van der Waals surface area contributed by atoms with Crippen LogP contribution in [0.1, 0.15) is 34.5 Å². The number of aliphatic hydroxyl groups is 4. The number of primary amides is 1. The molecule has 1 saturated heterocycles. The number of aromatic hydroxyl groups is 1. The van der Waals surface area contributed by atoms with Crippen LogP contribution in [0, 0.1) is 11.8 Å². The fourth-order valence-corrected chi connectivity index (χ4v) is 7.39. The molecule has 13 nitrogen and oxygen atoms in total. The number of nitrogens with zero attached hydrogens (tertiary/aromatic N) is 3. The molecule has 45 heavy (non-hydrogen) atoms. The third kappa shape index (κ3) is 4.90. The molecule has 2 heterocycles. The zero-order valence-corrected chi connectivity index (χ0v) is 25.2. The van der Waals surface area contributed by atoms with Crippen molar-refractivity contribution in [2.24, 2.45) is 17.6 Å². The van der Waals surface area contributed by atoms with Crippen LogP contribution in [0.2, 0.25) is 0 Å². The minimum absolute atomic E-state index is 0.0636. The first-order chi connectivity index (χ1) is 21.4. The van der Waals surface area contributed by atoms with Gasteiger partial charge in [-0.25, -0.2) is 0 Å². The number of carbonyl (C=O) groups excluding carboxylic acids is 3. The van der Waals surface area contributed by atoms with Gasteiger partial charge in [-0.3, -0.25) is 24.2 Å². The van der Waals surface area contributed by atoms with Crippen LogP contribution in [-0.2, 0) is 22.6 Å². The van der Waals surface area contributed by atoms with E-state index in [1.54, 1.807) is 26.2 Å². The molecule has 3 atom stereocenters. The van der Waals surface area contributed by atoms with E-state index in [2.05, 4.69) is 9.80 Å². The molecule has 7 N–H and O–H groups in total. The highest BCUT2D eigenvalue weighted by atomic mass is 16.4. The molecule has 0 radical (unpaired) electrons. The number of fused-ring (bicyclic) bond motifs is 3. The van der Waals surface area contributed by atoms with Crippen molar-refractivity contribution >= 4 is 23.2 Å². The molecule has 13 heteroatoms. The molecule has 0 bridgehead atoms. The number of aliphatic hydroxyl groups excluding tert-OH is 3. The number of phenolic OH excluding ortho intramolecular Hbond substituents is 1. The molecule has 4 aliphatic rings. The second-order valence-corrected chi connectivity index (χ2v) is 12.6. The van der Waals surface area contributed by atoms with E-state index in [9.17, 15) is 39.9 Å². The van der Waals surface area contributed by atoms with Crippen LogP contribution in [0.15, 0.2) is 45.3 Å². The molecule has 3 aliphatic carbocycles. The first kappa shape index (κ1) is 30.8. The molecule has 1 aromatic carbocycles. The Morgan fingerprint density at radius 3 is 2.42 bits per heavy atom. The van der Waals surface area contributed by atoms with Crippen molar-refractivity contribution in [3.63, 3.8) is 0 Å². The number of furan rings is 1. The van der Waals surface area contributed by atoms with Crippen LogP contribution in [0.4, 0.5) is 5.69 Å². The number of phenols is 1. The van der Waals surface area contributed by atoms with Crippen molar-refractivity contribution in [1.29, 1.82) is 0 Å². The number of Topliss-reactive ketones (excluding diaryl/α,β-unsaturated/α-hetero) is 2. The molecule has 0 unspecified atom stereocenters. The van der Waals surface area contributed by atoms with Crippen molar-refractivity contribution in [3.8, 4) is 17.1 Å². The number of amides is 1. The lowest BCUT2D eigenvalue weighted by molar-refractivity contribution is -0.144. The molecule has 1 aliphatic heterocycles. The highest BCUT2D eigenvalue weighted by Gasteiger charge is 2.59. The minimum atomic E-state index is -2.62. The van der Waals surface area contributed by atoms with Gasteiger partial charge in [0, 0.05) is 70.4 Å². The number of benzene rings is 1. The van der Waals surface area contributed by atoms with E-state index in [1.165, 1.54) is 0 Å². The summed E-state index contributed by atoms with van der Waals surface area (Å²) in [6, 6.07) is 5.30. The predicted molar refractivity (Wildman–Crippen MR) is 162 cm³/mol. The second kappa shape index (κ2) is 11.3. The van der Waals surface area contributed by atoms with Crippen molar-refractivity contribution in [2.45, 2.75) is 31.4 Å². The summed E-state index contributed by atoms with van der Waals surface area (Å²) in [4.78, 5) is 45.6. The maximum absolute atomic E-state index is 14.2. The van der Waals surface area contributed by atoms with Crippen molar-refractivity contribution in [3.05, 3.63) is 57.8 Å². The smallest absolute Gasteiger partial charge is 0.255 e. The van der Waals surface area contributed by atoms with E-state index < -0.39 is 52.0 Å². The van der Waals surface area contributed by atoms with Crippen LogP contribution in [0.25, 0.3) is 11.3 Å². The number of carbonyl (C=O) groups is 3. The molecule has 1 aromatic heterocycles. The van der Waals surface area contributed by atoms with E-state index in [0.29, 0.717) is 35.9 Å². The number of anilines is 1. The summed E-state index contributed by atoms with van der Waals surface area (Å²) in [7, 11) is 3.61. The molecule has 2 aromatic rings. The van der Waals surface area contributed by atoms with Crippen molar-refractivity contribution < 1.29 is 44.3 Å². The molecule has 0 spiro atoms. The van der Waals surface area contributed by atoms with Gasteiger partial charge in [0.25, 0.3) is 5.91 Å². The van der Waals surface area contributed by atoms with Crippen LogP contribution in [-0.4, -0.2) is 112 Å². The number of hydrogen-bond acceptors (Lipinski definition) is 12. The van der Waals surface area contributed by atoms with Gasteiger partial charge in [-0.1, -0.05) is 0 Å². The zero-order chi connectivity index (χ0) is 32.4. The number of piperazine rings is 1. The van der Waals surface area contributed by atoms with Gasteiger partial charge in [-0.05, 0) is 42.5 Å². The number of β-amino-alcohol motifs (C(OH)–C–C–N with tert-alkyl or cyclic N) is 1. The molecule has 240 valence electrons. The summed E-state index contributed by atoms with van der Waals surface area (Å²) in [6.07, 6.45) is -0.00515. The zero-order valence-electron chi connectivity index (χ0n) is 25.2. The number of ketones is 2. The van der Waals surface area contributed by atoms with Gasteiger partial charge in [0.15, 0.2) is 11.4 Å². The maximum atomic E-state index is 14.2. The molecule has 1 amide bonds. The lowest BCUT2D eigenvalue weighted by atomic mass is 9.60. The van der Waals surface area contributed by atoms with E-state index in [1.807, 2.05) is 11.0 Å². The molecule has 1 fully saturated rings. The fourth-order valence-electron chi connectivity index (χ4n) is 7.39. The van der Waals surface area contributed by atoms with Crippen LogP contribution < -0.4 is 10.6 Å². The van der Waals surface area contributed by atoms with Crippen LogP contribution >= 0.6 is 0 Å². The van der Waals surface area contributed by atoms with E-state index in [4.69, 9.17) is 10.2 Å². The summed E-state index contributed by atoms with van der Waals surface area (Å²) in [5.74, 6) is -5.63. The maximum Gasteiger partial charge on any atom is 0.255 e. The highest BCUT2D eigenvalue weighted by molar-refractivity contribution is 6.24. The van der Waals surface area contributed by atoms with Crippen molar-refractivity contribution in [2.75, 3.05) is 58.3 Å². The Kier molecular flexibility index (Phi) is 7.76. The Morgan fingerprint density at radius 2 is 1.78 bits per heavy atom. The molecular weight excluding hydrogens is 584 g/mol. The average molecular weight is 623 g/mol. The first-order valence-corrected chi connectivity index (χ1v) is 15.0. The highest BCUT2D eigenvalue weighted by Crippen LogP contribution is 2.53. The first-order valence-electron chi connectivity index (χ1n) is 15.0. The van der Waals surface area contributed by atoms with Crippen LogP contribution in [0.3, 0.4) is 0 Å². The summed E-state index contributed by atoms with van der Waals surface area (Å²) in [5.41, 5.74) is 3.07. The standard InChI is InChI=1S/C32H38N4O9/c1-34(2)21-14-20(23-4-3-18(45-23)15-36-7-5-35(6-8-36)9-10-37)27(39)25-19(21)12-16-11-17-13-22(38)26(31(33)43)30(42)32(17,44)29(41)24(16)28(25)40/h3-4,14,16-17,37-39,41,44H,5-13,15H2,1-2H3,(H2,33,43)/t16-,17+,32+/m1/s1. The van der Waals surface area contributed by atoms with Gasteiger partial charge in [0.05, 0.1) is 24.3 Å². The molecule has 0 saturated carbocycles. The Balaban J connectivity index is 1.37. The quantitative estimate of drug-likeness (QED) is 0.240. The lowest BCUT2D eigenvalue weighted by Gasteiger charge is -2.45. The summed E-state index contributed by atoms with van der Waals surface area (Å²) in [6.45, 7) is 4.60. The molecule has 6 rings (SSSR count). The van der Waals surface area contributed by atoms with E-state index >= 15 is 0 Å². The number of hydrogen-bond donors (Lipinski definition) is 6. The third-order valence-corrected chi connectivity index (χ3v) is 9.71. The number of rotatable bonds is 7.